The first-order chi connectivity index (χ1) is 8.56. The Kier molecular flexibility index (Phi) is 5.87. The number of carboxylic acid groups (broad SMARTS) is 1. The van der Waals surface area contributed by atoms with Gasteiger partial charge in [-0.25, -0.2) is 9.59 Å². The molecule has 1 aliphatic heterocycles. The number of aliphatic carboxylic acids is 1. The van der Waals surface area contributed by atoms with Crippen LogP contribution in [-0.2, 0) is 4.79 Å². The van der Waals surface area contributed by atoms with Gasteiger partial charge in [-0.15, -0.1) is 0 Å². The van der Waals surface area contributed by atoms with Gasteiger partial charge in [-0.2, -0.15) is 0 Å². The number of aliphatic hydroxyl groups excluding tert-OH is 1. The van der Waals surface area contributed by atoms with Crippen LogP contribution in [0.15, 0.2) is 0 Å². The summed E-state index contributed by atoms with van der Waals surface area (Å²) in [7, 11) is 0. The molecular formula is C11H21N3O4. The Morgan fingerprint density at radius 2 is 2.11 bits per heavy atom. The molecule has 0 aromatic carbocycles. The van der Waals surface area contributed by atoms with Crippen molar-refractivity contribution in [3.05, 3.63) is 0 Å². The van der Waals surface area contributed by atoms with Gasteiger partial charge >= 0.3 is 12.0 Å². The first-order valence-electron chi connectivity index (χ1n) is 6.22. The van der Waals surface area contributed by atoms with Crippen LogP contribution in [-0.4, -0.2) is 65.4 Å². The number of hydrogen-bond acceptors (Lipinski definition) is 4. The van der Waals surface area contributed by atoms with Gasteiger partial charge in [0, 0.05) is 19.5 Å². The second-order valence-electron chi connectivity index (χ2n) is 4.33. The van der Waals surface area contributed by atoms with E-state index in [-0.39, 0.29) is 13.0 Å². The summed E-state index contributed by atoms with van der Waals surface area (Å²) >= 11 is 0. The quantitative estimate of drug-likeness (QED) is 0.468. The van der Waals surface area contributed by atoms with Crippen molar-refractivity contribution in [2.24, 2.45) is 0 Å². The number of rotatable bonds is 6. The maximum atomic E-state index is 11.8. The number of carboxylic acids is 1. The molecule has 0 aliphatic carbocycles. The van der Waals surface area contributed by atoms with Crippen LogP contribution in [0.4, 0.5) is 4.79 Å². The second-order valence-corrected chi connectivity index (χ2v) is 4.33. The zero-order chi connectivity index (χ0) is 13.5. The van der Waals surface area contributed by atoms with Gasteiger partial charge in [-0.05, 0) is 19.5 Å². The average molecular weight is 259 g/mol. The van der Waals surface area contributed by atoms with Gasteiger partial charge in [0.1, 0.15) is 6.04 Å². The van der Waals surface area contributed by atoms with E-state index in [4.69, 9.17) is 5.11 Å². The molecule has 2 atom stereocenters. The number of β-amino-alcohol motifs (C(OH)–C–C–N with tert-alkyl or cyclic N) is 1. The summed E-state index contributed by atoms with van der Waals surface area (Å²) < 4.78 is 0. The number of likely N-dealkylation sites (tertiary alicyclic amines) is 1. The zero-order valence-electron chi connectivity index (χ0n) is 10.6. The summed E-state index contributed by atoms with van der Waals surface area (Å²) in [6.07, 6.45) is 0.132. The number of hydrogen-bond donors (Lipinski definition) is 4. The molecule has 18 heavy (non-hydrogen) atoms. The summed E-state index contributed by atoms with van der Waals surface area (Å²) in [5.74, 6) is -1.07. The van der Waals surface area contributed by atoms with Gasteiger partial charge in [0.2, 0.25) is 0 Å². The first-order valence-corrected chi connectivity index (χ1v) is 6.22. The fourth-order valence-electron chi connectivity index (χ4n) is 1.96. The minimum atomic E-state index is -1.07. The van der Waals surface area contributed by atoms with E-state index in [0.717, 1.165) is 19.5 Å². The molecule has 0 saturated carbocycles. The second kappa shape index (κ2) is 7.17. The number of carbonyl (C=O) groups is 2. The lowest BCUT2D eigenvalue weighted by molar-refractivity contribution is -0.141. The summed E-state index contributed by atoms with van der Waals surface area (Å²) in [6, 6.07) is -1.34. The molecule has 1 saturated heterocycles. The van der Waals surface area contributed by atoms with Crippen LogP contribution in [0.2, 0.25) is 0 Å². The van der Waals surface area contributed by atoms with Crippen molar-refractivity contribution in [3.63, 3.8) is 0 Å². The molecule has 1 fully saturated rings. The molecule has 0 spiro atoms. The number of nitrogens with zero attached hydrogens (tertiary/aromatic N) is 1. The third kappa shape index (κ3) is 4.15. The van der Waals surface area contributed by atoms with Gasteiger partial charge in [0.05, 0.1) is 6.10 Å². The molecule has 104 valence electrons. The Morgan fingerprint density at radius 1 is 1.39 bits per heavy atom. The first kappa shape index (κ1) is 14.7. The highest BCUT2D eigenvalue weighted by Crippen LogP contribution is 2.17. The van der Waals surface area contributed by atoms with E-state index >= 15 is 0 Å². The smallest absolute Gasteiger partial charge is 0.326 e. The van der Waals surface area contributed by atoms with Crippen molar-refractivity contribution >= 4 is 12.0 Å². The van der Waals surface area contributed by atoms with E-state index in [1.54, 1.807) is 0 Å². The van der Waals surface area contributed by atoms with Crippen molar-refractivity contribution in [1.82, 2.24) is 15.5 Å². The summed E-state index contributed by atoms with van der Waals surface area (Å²) in [6.45, 7) is 4.26. The fraction of sp³-hybridized carbons (Fsp3) is 0.818. The Balaban J connectivity index is 2.33. The van der Waals surface area contributed by atoms with Crippen molar-refractivity contribution < 1.29 is 19.8 Å². The lowest BCUT2D eigenvalue weighted by Gasteiger charge is -2.21. The standard InChI is InChI=1S/C11H21N3O4/c1-2-12-4-3-5-13-11(18)14-7-8(15)6-9(14)10(16)17/h8-9,12,15H,2-7H2,1H3,(H,13,18)(H,16,17)/t8?,9-/m0/s1. The summed E-state index contributed by atoms with van der Waals surface area (Å²) in [5.41, 5.74) is 0. The average Bonchev–Trinajstić information content (AvgIpc) is 2.71. The molecule has 0 radical (unpaired) electrons. The van der Waals surface area contributed by atoms with Crippen molar-refractivity contribution in [2.75, 3.05) is 26.2 Å². The largest absolute Gasteiger partial charge is 0.480 e. The Bertz CT molecular complexity index is 298. The van der Waals surface area contributed by atoms with Crippen LogP contribution in [0, 0.1) is 0 Å². The number of nitrogens with one attached hydrogen (secondary N) is 2. The maximum absolute atomic E-state index is 11.8. The molecule has 0 aromatic heterocycles. The minimum Gasteiger partial charge on any atom is -0.480 e. The molecular weight excluding hydrogens is 238 g/mol. The third-order valence-electron chi connectivity index (χ3n) is 2.88. The molecule has 1 heterocycles. The Hall–Kier alpha value is -1.34. The molecule has 4 N–H and O–H groups in total. The molecule has 0 bridgehead atoms. The Labute approximate surface area is 106 Å². The van der Waals surface area contributed by atoms with Gasteiger partial charge in [-0.3, -0.25) is 0 Å². The van der Waals surface area contributed by atoms with E-state index in [1.807, 2.05) is 6.92 Å². The third-order valence-corrected chi connectivity index (χ3v) is 2.88. The maximum Gasteiger partial charge on any atom is 0.326 e. The van der Waals surface area contributed by atoms with Crippen molar-refractivity contribution in [2.45, 2.75) is 31.9 Å². The SMILES string of the molecule is CCNCCCNC(=O)N1CC(O)C[C@H]1C(=O)O. The number of amides is 2. The minimum absolute atomic E-state index is 0.0794. The topological polar surface area (TPSA) is 102 Å². The molecule has 1 rings (SSSR count). The van der Waals surface area contributed by atoms with E-state index in [9.17, 15) is 14.7 Å². The number of aliphatic hydroxyl groups is 1. The summed E-state index contributed by atoms with van der Waals surface area (Å²) in [4.78, 5) is 23.9. The van der Waals surface area contributed by atoms with Crippen LogP contribution < -0.4 is 10.6 Å². The van der Waals surface area contributed by atoms with Gasteiger partial charge in [-0.1, -0.05) is 6.92 Å². The molecule has 0 aromatic rings. The normalized spacial score (nSPS) is 23.1. The highest BCUT2D eigenvalue weighted by molar-refractivity contribution is 5.83. The van der Waals surface area contributed by atoms with Crippen LogP contribution in [0.1, 0.15) is 19.8 Å². The van der Waals surface area contributed by atoms with Crippen LogP contribution in [0.5, 0.6) is 0 Å². The van der Waals surface area contributed by atoms with Gasteiger partial charge in [0.25, 0.3) is 0 Å². The van der Waals surface area contributed by atoms with E-state index < -0.39 is 24.1 Å². The van der Waals surface area contributed by atoms with E-state index in [0.29, 0.717) is 6.54 Å². The fourth-order valence-corrected chi connectivity index (χ4v) is 1.96. The highest BCUT2D eigenvalue weighted by atomic mass is 16.4. The lowest BCUT2D eigenvalue weighted by Crippen LogP contribution is -2.46. The van der Waals surface area contributed by atoms with Crippen molar-refractivity contribution in [1.29, 1.82) is 0 Å². The monoisotopic (exact) mass is 259 g/mol. The van der Waals surface area contributed by atoms with Crippen LogP contribution in [0.25, 0.3) is 0 Å². The van der Waals surface area contributed by atoms with E-state index in [2.05, 4.69) is 10.6 Å². The molecule has 1 unspecified atom stereocenters. The molecule has 1 aliphatic rings. The number of carbonyl (C=O) groups excluding carboxylic acids is 1. The lowest BCUT2D eigenvalue weighted by atomic mass is 10.2. The molecule has 7 nitrogen and oxygen atoms in total. The van der Waals surface area contributed by atoms with E-state index in [1.165, 1.54) is 4.90 Å². The zero-order valence-corrected chi connectivity index (χ0v) is 10.6. The molecule has 2 amide bonds. The highest BCUT2D eigenvalue weighted by Gasteiger charge is 2.38. The number of urea groups is 1. The van der Waals surface area contributed by atoms with Gasteiger partial charge < -0.3 is 25.7 Å². The van der Waals surface area contributed by atoms with Crippen molar-refractivity contribution in [3.8, 4) is 0 Å². The predicted molar refractivity (Wildman–Crippen MR) is 65.3 cm³/mol. The predicted octanol–water partition coefficient (Wildman–Crippen LogP) is -0.785. The summed E-state index contributed by atoms with van der Waals surface area (Å²) in [5, 5.41) is 24.2. The van der Waals surface area contributed by atoms with Crippen LogP contribution >= 0.6 is 0 Å². The van der Waals surface area contributed by atoms with Gasteiger partial charge in [0.15, 0.2) is 0 Å². The molecule has 7 heteroatoms. The Morgan fingerprint density at radius 3 is 2.72 bits per heavy atom. The van der Waals surface area contributed by atoms with Crippen LogP contribution in [0.3, 0.4) is 0 Å².